The summed E-state index contributed by atoms with van der Waals surface area (Å²) in [5.74, 6) is -0.593. The normalized spacial score (nSPS) is 16.8. The quantitative estimate of drug-likeness (QED) is 0.650. The van der Waals surface area contributed by atoms with Crippen molar-refractivity contribution in [2.45, 2.75) is 31.2 Å². The Morgan fingerprint density at radius 2 is 2.00 bits per heavy atom. The van der Waals surface area contributed by atoms with Gasteiger partial charge in [0, 0.05) is 35.0 Å². The predicted octanol–water partition coefficient (Wildman–Crippen LogP) is 3.73. The zero-order valence-electron chi connectivity index (χ0n) is 16.6. The number of thioether (sulfide) groups is 1. The first-order valence-electron chi connectivity index (χ1n) is 9.55. The van der Waals surface area contributed by atoms with Crippen LogP contribution in [0.4, 0.5) is 11.4 Å². The van der Waals surface area contributed by atoms with Crippen LogP contribution >= 0.6 is 11.8 Å². The van der Waals surface area contributed by atoms with Gasteiger partial charge in [-0.1, -0.05) is 0 Å². The molecule has 2 amide bonds. The van der Waals surface area contributed by atoms with Crippen LogP contribution in [0.1, 0.15) is 26.3 Å². The Bertz CT molecular complexity index is 1060. The molecule has 8 heteroatoms. The van der Waals surface area contributed by atoms with E-state index in [1.165, 1.54) is 0 Å². The molecule has 1 aromatic carbocycles. The summed E-state index contributed by atoms with van der Waals surface area (Å²) in [7, 11) is 0. The van der Waals surface area contributed by atoms with Crippen LogP contribution in [0.2, 0.25) is 0 Å². The second-order valence-corrected chi connectivity index (χ2v) is 8.29. The second kappa shape index (κ2) is 7.87. The molecule has 1 aliphatic heterocycles. The number of nitrogens with zero attached hydrogens (tertiary/aromatic N) is 4. The fourth-order valence-electron chi connectivity index (χ4n) is 3.53. The molecule has 1 unspecified atom stereocenters. The van der Waals surface area contributed by atoms with Crippen LogP contribution < -0.4 is 10.2 Å². The average Bonchev–Trinajstić information content (AvgIpc) is 3.31. The molecule has 7 nitrogen and oxygen atoms in total. The Hall–Kier alpha value is -2.87. The summed E-state index contributed by atoms with van der Waals surface area (Å²) in [5, 5.41) is 8.12. The van der Waals surface area contributed by atoms with Crippen molar-refractivity contribution in [1.29, 1.82) is 0 Å². The van der Waals surface area contributed by atoms with Crippen LogP contribution in [0.5, 0.6) is 0 Å². The maximum atomic E-state index is 12.7. The van der Waals surface area contributed by atoms with Crippen LogP contribution in [0, 0.1) is 5.92 Å². The molecule has 0 aliphatic carbocycles. The molecule has 0 spiro atoms. The molecule has 4 rings (SSSR count). The van der Waals surface area contributed by atoms with E-state index >= 15 is 0 Å². The van der Waals surface area contributed by atoms with Crippen molar-refractivity contribution < 1.29 is 9.59 Å². The van der Waals surface area contributed by atoms with Gasteiger partial charge in [-0.05, 0) is 50.4 Å². The number of carbonyl (C=O) groups excluding carboxylic acids is 2. The van der Waals surface area contributed by atoms with E-state index in [1.807, 2.05) is 55.1 Å². The number of benzene rings is 1. The summed E-state index contributed by atoms with van der Waals surface area (Å²) in [6, 6.07) is 9.89. The van der Waals surface area contributed by atoms with E-state index in [0.29, 0.717) is 12.2 Å². The van der Waals surface area contributed by atoms with Crippen molar-refractivity contribution in [3.05, 3.63) is 42.7 Å². The summed E-state index contributed by atoms with van der Waals surface area (Å²) in [6.45, 7) is 4.47. The van der Waals surface area contributed by atoms with E-state index in [2.05, 4.69) is 15.4 Å². The van der Waals surface area contributed by atoms with Crippen LogP contribution in [0.3, 0.4) is 0 Å². The zero-order chi connectivity index (χ0) is 20.5. The number of fused-ring (bicyclic) bond motifs is 1. The average molecular weight is 410 g/mol. The zero-order valence-corrected chi connectivity index (χ0v) is 17.4. The number of anilines is 2. The van der Waals surface area contributed by atoms with Gasteiger partial charge in [0.1, 0.15) is 0 Å². The van der Waals surface area contributed by atoms with Crippen molar-refractivity contribution in [2.75, 3.05) is 23.0 Å². The summed E-state index contributed by atoms with van der Waals surface area (Å²) in [4.78, 5) is 32.5. The molecule has 0 saturated carbocycles. The van der Waals surface area contributed by atoms with E-state index < -0.39 is 5.92 Å². The van der Waals surface area contributed by atoms with Crippen LogP contribution in [-0.2, 0) is 9.59 Å². The van der Waals surface area contributed by atoms with Gasteiger partial charge in [-0.2, -0.15) is 5.10 Å². The van der Waals surface area contributed by atoms with Crippen LogP contribution in [0.25, 0.3) is 11.0 Å². The van der Waals surface area contributed by atoms with Gasteiger partial charge in [-0.3, -0.25) is 9.59 Å². The lowest BCUT2D eigenvalue weighted by Crippen LogP contribution is -2.28. The standard InChI is InChI=1S/C21H23N5O2S/c1-13(2)26-20-14(10-23-26)8-16(11-22-20)24-21(28)15-9-19(27)25(12-15)17-4-6-18(29-3)7-5-17/h4-8,10-11,13,15H,9,12H2,1-3H3,(H,24,28). The molecule has 0 radical (unpaired) electrons. The summed E-state index contributed by atoms with van der Waals surface area (Å²) < 4.78 is 1.84. The molecule has 1 saturated heterocycles. The Kier molecular flexibility index (Phi) is 5.27. The molecule has 3 heterocycles. The lowest BCUT2D eigenvalue weighted by molar-refractivity contribution is -0.122. The molecule has 1 aliphatic rings. The molecule has 1 fully saturated rings. The van der Waals surface area contributed by atoms with E-state index in [0.717, 1.165) is 21.6 Å². The van der Waals surface area contributed by atoms with Crippen molar-refractivity contribution in [3.8, 4) is 0 Å². The van der Waals surface area contributed by atoms with E-state index in [1.54, 1.807) is 29.1 Å². The van der Waals surface area contributed by atoms with Gasteiger partial charge in [0.15, 0.2) is 5.65 Å². The van der Waals surface area contributed by atoms with Gasteiger partial charge in [0.2, 0.25) is 11.8 Å². The fourth-order valence-corrected chi connectivity index (χ4v) is 3.93. The number of aromatic nitrogens is 3. The third kappa shape index (κ3) is 3.85. The SMILES string of the molecule is CSc1ccc(N2CC(C(=O)Nc3cnc4c(cnn4C(C)C)c3)CC2=O)cc1. The molecule has 2 aromatic heterocycles. The Balaban J connectivity index is 1.46. The second-order valence-electron chi connectivity index (χ2n) is 7.41. The highest BCUT2D eigenvalue weighted by Crippen LogP contribution is 2.28. The third-order valence-electron chi connectivity index (χ3n) is 5.07. The molecular weight excluding hydrogens is 386 g/mol. The number of hydrogen-bond acceptors (Lipinski definition) is 5. The van der Waals surface area contributed by atoms with Crippen molar-refractivity contribution in [2.24, 2.45) is 5.92 Å². The lowest BCUT2D eigenvalue weighted by Gasteiger charge is -2.17. The van der Waals surface area contributed by atoms with E-state index in [9.17, 15) is 9.59 Å². The first kappa shape index (κ1) is 19.4. The minimum absolute atomic E-state index is 0.0335. The predicted molar refractivity (Wildman–Crippen MR) is 115 cm³/mol. The molecule has 29 heavy (non-hydrogen) atoms. The number of nitrogens with one attached hydrogen (secondary N) is 1. The molecular formula is C21H23N5O2S. The van der Waals surface area contributed by atoms with Gasteiger partial charge in [-0.25, -0.2) is 9.67 Å². The maximum absolute atomic E-state index is 12.7. The van der Waals surface area contributed by atoms with Crippen molar-refractivity contribution >= 4 is 46.0 Å². The minimum Gasteiger partial charge on any atom is -0.324 e. The third-order valence-corrected chi connectivity index (χ3v) is 5.81. The first-order chi connectivity index (χ1) is 14.0. The number of rotatable bonds is 5. The van der Waals surface area contributed by atoms with Gasteiger partial charge in [0.05, 0.1) is 24.0 Å². The smallest absolute Gasteiger partial charge is 0.229 e. The van der Waals surface area contributed by atoms with Crippen molar-refractivity contribution in [1.82, 2.24) is 14.8 Å². The largest absolute Gasteiger partial charge is 0.324 e. The molecule has 150 valence electrons. The van der Waals surface area contributed by atoms with Gasteiger partial charge < -0.3 is 10.2 Å². The van der Waals surface area contributed by atoms with Crippen molar-refractivity contribution in [3.63, 3.8) is 0 Å². The lowest BCUT2D eigenvalue weighted by atomic mass is 10.1. The number of amides is 2. The van der Waals surface area contributed by atoms with Gasteiger partial charge in [-0.15, -0.1) is 11.8 Å². The number of hydrogen-bond donors (Lipinski definition) is 1. The highest BCUT2D eigenvalue weighted by atomic mass is 32.2. The highest BCUT2D eigenvalue weighted by molar-refractivity contribution is 7.98. The Morgan fingerprint density at radius 3 is 2.69 bits per heavy atom. The van der Waals surface area contributed by atoms with Crippen LogP contribution in [-0.4, -0.2) is 39.4 Å². The van der Waals surface area contributed by atoms with Gasteiger partial charge >= 0.3 is 0 Å². The molecule has 1 atom stereocenters. The Labute approximate surface area is 173 Å². The summed E-state index contributed by atoms with van der Waals surface area (Å²) in [5.41, 5.74) is 2.22. The summed E-state index contributed by atoms with van der Waals surface area (Å²) >= 11 is 1.65. The highest BCUT2D eigenvalue weighted by Gasteiger charge is 2.35. The maximum Gasteiger partial charge on any atom is 0.229 e. The van der Waals surface area contributed by atoms with E-state index in [-0.39, 0.29) is 24.3 Å². The monoisotopic (exact) mass is 409 g/mol. The molecule has 1 N–H and O–H groups in total. The minimum atomic E-state index is -0.392. The number of pyridine rings is 1. The fraction of sp³-hybridized carbons (Fsp3) is 0.333. The first-order valence-corrected chi connectivity index (χ1v) is 10.8. The van der Waals surface area contributed by atoms with E-state index in [4.69, 9.17) is 0 Å². The summed E-state index contributed by atoms with van der Waals surface area (Å²) in [6.07, 6.45) is 5.60. The number of carbonyl (C=O) groups is 2. The van der Waals surface area contributed by atoms with Crippen LogP contribution in [0.15, 0.2) is 47.6 Å². The topological polar surface area (TPSA) is 80.1 Å². The molecule has 3 aromatic rings. The Morgan fingerprint density at radius 1 is 1.24 bits per heavy atom. The molecule has 0 bridgehead atoms. The van der Waals surface area contributed by atoms with Gasteiger partial charge in [0.25, 0.3) is 0 Å².